The Bertz CT molecular complexity index is 342. The number of carbonyl (C=O) groups is 1. The van der Waals surface area contributed by atoms with Crippen molar-refractivity contribution < 1.29 is 4.79 Å². The first-order valence-corrected chi connectivity index (χ1v) is 7.38. The molecule has 1 atom stereocenters. The third kappa shape index (κ3) is 4.22. The summed E-state index contributed by atoms with van der Waals surface area (Å²) in [5.74, 6) is 3.02. The van der Waals surface area contributed by atoms with Gasteiger partial charge in [-0.15, -0.1) is 6.42 Å². The number of nitrogens with zero attached hydrogens (tertiary/aromatic N) is 2. The van der Waals surface area contributed by atoms with Crippen LogP contribution in [0.2, 0.25) is 0 Å². The highest BCUT2D eigenvalue weighted by Gasteiger charge is 2.24. The van der Waals surface area contributed by atoms with Crippen molar-refractivity contribution in [3.8, 4) is 12.3 Å². The summed E-state index contributed by atoms with van der Waals surface area (Å²) >= 11 is 0. The number of hydrogen-bond acceptors (Lipinski definition) is 3. The third-order valence-electron chi connectivity index (χ3n) is 4.09. The van der Waals surface area contributed by atoms with Gasteiger partial charge in [-0.05, 0) is 26.2 Å². The SMILES string of the molecule is C#CCN1CCC(NC(C)CN2CCCC2=O)CC1. The molecule has 0 aliphatic carbocycles. The summed E-state index contributed by atoms with van der Waals surface area (Å²) < 4.78 is 0. The van der Waals surface area contributed by atoms with E-state index < -0.39 is 0 Å². The summed E-state index contributed by atoms with van der Waals surface area (Å²) in [6.45, 7) is 6.90. The lowest BCUT2D eigenvalue weighted by molar-refractivity contribution is -0.128. The van der Waals surface area contributed by atoms with Gasteiger partial charge in [0.25, 0.3) is 0 Å². The summed E-state index contributed by atoms with van der Waals surface area (Å²) in [4.78, 5) is 15.9. The molecule has 0 radical (unpaired) electrons. The monoisotopic (exact) mass is 263 g/mol. The molecule has 2 heterocycles. The maximum absolute atomic E-state index is 11.6. The average Bonchev–Trinajstić information content (AvgIpc) is 2.78. The van der Waals surface area contributed by atoms with E-state index in [9.17, 15) is 4.79 Å². The predicted octanol–water partition coefficient (Wildman–Crippen LogP) is 0.684. The van der Waals surface area contributed by atoms with Crippen LogP contribution < -0.4 is 5.32 Å². The maximum Gasteiger partial charge on any atom is 0.222 e. The van der Waals surface area contributed by atoms with Crippen molar-refractivity contribution in [1.29, 1.82) is 0 Å². The molecule has 2 rings (SSSR count). The zero-order valence-electron chi connectivity index (χ0n) is 11.9. The molecule has 106 valence electrons. The lowest BCUT2D eigenvalue weighted by Gasteiger charge is -2.33. The second-order valence-corrected chi connectivity index (χ2v) is 5.77. The van der Waals surface area contributed by atoms with Gasteiger partial charge in [-0.3, -0.25) is 9.69 Å². The molecular weight excluding hydrogens is 238 g/mol. The van der Waals surface area contributed by atoms with Crippen molar-refractivity contribution >= 4 is 5.91 Å². The van der Waals surface area contributed by atoms with E-state index in [0.717, 1.165) is 58.4 Å². The van der Waals surface area contributed by atoms with Crippen molar-refractivity contribution in [2.45, 2.75) is 44.7 Å². The Morgan fingerprint density at radius 1 is 1.42 bits per heavy atom. The fourth-order valence-corrected chi connectivity index (χ4v) is 3.07. The minimum Gasteiger partial charge on any atom is -0.341 e. The van der Waals surface area contributed by atoms with Crippen molar-refractivity contribution in [3.05, 3.63) is 0 Å². The van der Waals surface area contributed by atoms with Gasteiger partial charge in [-0.2, -0.15) is 0 Å². The van der Waals surface area contributed by atoms with Crippen LogP contribution in [0.25, 0.3) is 0 Å². The molecule has 1 N–H and O–H groups in total. The van der Waals surface area contributed by atoms with Gasteiger partial charge >= 0.3 is 0 Å². The Labute approximate surface area is 116 Å². The second kappa shape index (κ2) is 6.93. The highest BCUT2D eigenvalue weighted by molar-refractivity contribution is 5.78. The zero-order valence-corrected chi connectivity index (χ0v) is 11.9. The Hall–Kier alpha value is -1.05. The van der Waals surface area contributed by atoms with E-state index in [4.69, 9.17) is 6.42 Å². The lowest BCUT2D eigenvalue weighted by Crippen LogP contribution is -2.48. The average molecular weight is 263 g/mol. The number of likely N-dealkylation sites (tertiary alicyclic amines) is 2. The van der Waals surface area contributed by atoms with Crippen LogP contribution in [0.1, 0.15) is 32.6 Å². The first-order valence-electron chi connectivity index (χ1n) is 7.38. The van der Waals surface area contributed by atoms with Crippen LogP contribution in [-0.4, -0.2) is 60.5 Å². The number of hydrogen-bond donors (Lipinski definition) is 1. The van der Waals surface area contributed by atoms with E-state index in [1.165, 1.54) is 0 Å². The van der Waals surface area contributed by atoms with E-state index in [-0.39, 0.29) is 0 Å². The van der Waals surface area contributed by atoms with Gasteiger partial charge < -0.3 is 10.2 Å². The normalized spacial score (nSPS) is 23.6. The molecule has 1 unspecified atom stereocenters. The molecule has 19 heavy (non-hydrogen) atoms. The largest absolute Gasteiger partial charge is 0.341 e. The maximum atomic E-state index is 11.6. The van der Waals surface area contributed by atoms with Crippen LogP contribution in [0, 0.1) is 12.3 Å². The molecule has 0 bridgehead atoms. The van der Waals surface area contributed by atoms with Crippen LogP contribution >= 0.6 is 0 Å². The number of terminal acetylenes is 1. The van der Waals surface area contributed by atoms with E-state index in [2.05, 4.69) is 23.1 Å². The van der Waals surface area contributed by atoms with Gasteiger partial charge in [0.15, 0.2) is 0 Å². The summed E-state index contributed by atoms with van der Waals surface area (Å²) in [6.07, 6.45) is 9.40. The highest BCUT2D eigenvalue weighted by atomic mass is 16.2. The van der Waals surface area contributed by atoms with Gasteiger partial charge in [0.05, 0.1) is 6.54 Å². The molecule has 2 saturated heterocycles. The van der Waals surface area contributed by atoms with Crippen LogP contribution in [-0.2, 0) is 4.79 Å². The van der Waals surface area contributed by atoms with Gasteiger partial charge in [-0.25, -0.2) is 0 Å². The van der Waals surface area contributed by atoms with Crippen molar-refractivity contribution in [2.75, 3.05) is 32.7 Å². The van der Waals surface area contributed by atoms with Crippen LogP contribution in [0.3, 0.4) is 0 Å². The quantitative estimate of drug-likeness (QED) is 0.741. The van der Waals surface area contributed by atoms with Crippen molar-refractivity contribution in [3.63, 3.8) is 0 Å². The molecule has 2 aliphatic rings. The molecule has 4 nitrogen and oxygen atoms in total. The molecule has 0 aromatic heterocycles. The fraction of sp³-hybridized carbons (Fsp3) is 0.800. The smallest absolute Gasteiger partial charge is 0.222 e. The molecule has 4 heteroatoms. The standard InChI is InChI=1S/C15H25N3O/c1-3-8-17-10-6-14(7-11-17)16-13(2)12-18-9-4-5-15(18)19/h1,13-14,16H,4-12H2,2H3. The summed E-state index contributed by atoms with van der Waals surface area (Å²) in [7, 11) is 0. The molecule has 1 amide bonds. The van der Waals surface area contributed by atoms with E-state index in [1.54, 1.807) is 0 Å². The van der Waals surface area contributed by atoms with Gasteiger partial charge in [-0.1, -0.05) is 5.92 Å². The van der Waals surface area contributed by atoms with Gasteiger partial charge in [0.1, 0.15) is 0 Å². The molecule has 2 fully saturated rings. The van der Waals surface area contributed by atoms with Gasteiger partial charge in [0.2, 0.25) is 5.91 Å². The zero-order chi connectivity index (χ0) is 13.7. The van der Waals surface area contributed by atoms with Crippen LogP contribution in [0.15, 0.2) is 0 Å². The predicted molar refractivity (Wildman–Crippen MR) is 76.7 cm³/mol. The van der Waals surface area contributed by atoms with E-state index in [1.807, 2.05) is 4.90 Å². The van der Waals surface area contributed by atoms with Crippen LogP contribution in [0.4, 0.5) is 0 Å². The molecule has 0 saturated carbocycles. The summed E-state index contributed by atoms with van der Waals surface area (Å²) in [6, 6.07) is 0.952. The molecule has 0 aromatic rings. The number of amides is 1. The lowest BCUT2D eigenvalue weighted by atomic mass is 10.0. The molecular formula is C15H25N3O. The number of carbonyl (C=O) groups excluding carboxylic acids is 1. The van der Waals surface area contributed by atoms with E-state index >= 15 is 0 Å². The Kier molecular flexibility index (Phi) is 5.24. The van der Waals surface area contributed by atoms with Crippen LogP contribution in [0.5, 0.6) is 0 Å². The van der Waals surface area contributed by atoms with E-state index in [0.29, 0.717) is 18.0 Å². The summed E-state index contributed by atoms with van der Waals surface area (Å²) in [5, 5.41) is 3.66. The third-order valence-corrected chi connectivity index (χ3v) is 4.09. The minimum atomic E-state index is 0.317. The van der Waals surface area contributed by atoms with Crippen molar-refractivity contribution in [1.82, 2.24) is 15.1 Å². The number of rotatable bonds is 5. The summed E-state index contributed by atoms with van der Waals surface area (Å²) in [5.41, 5.74) is 0. The first-order chi connectivity index (χ1) is 9.19. The fourth-order valence-electron chi connectivity index (χ4n) is 3.07. The topological polar surface area (TPSA) is 35.6 Å². The minimum absolute atomic E-state index is 0.317. The van der Waals surface area contributed by atoms with Gasteiger partial charge in [0, 0.05) is 44.7 Å². The number of nitrogens with one attached hydrogen (secondary N) is 1. The van der Waals surface area contributed by atoms with Crippen molar-refractivity contribution in [2.24, 2.45) is 0 Å². The molecule has 0 spiro atoms. The first kappa shape index (κ1) is 14.4. The molecule has 0 aromatic carbocycles. The Morgan fingerprint density at radius 2 is 2.16 bits per heavy atom. The Balaban J connectivity index is 1.67. The highest BCUT2D eigenvalue weighted by Crippen LogP contribution is 2.13. The Morgan fingerprint density at radius 3 is 2.74 bits per heavy atom. The number of piperidine rings is 1. The molecule has 2 aliphatic heterocycles. The second-order valence-electron chi connectivity index (χ2n) is 5.77.